The lowest BCUT2D eigenvalue weighted by Crippen LogP contribution is -2.26. The fourth-order valence-electron chi connectivity index (χ4n) is 3.44. The first kappa shape index (κ1) is 16.6. The van der Waals surface area contributed by atoms with Gasteiger partial charge in [0, 0.05) is 12.1 Å². The van der Waals surface area contributed by atoms with E-state index in [0.29, 0.717) is 12.7 Å². The van der Waals surface area contributed by atoms with Gasteiger partial charge in [0.15, 0.2) is 0 Å². The van der Waals surface area contributed by atoms with E-state index in [1.807, 2.05) is 6.92 Å². The van der Waals surface area contributed by atoms with Crippen molar-refractivity contribution < 1.29 is 9.15 Å². The van der Waals surface area contributed by atoms with Gasteiger partial charge < -0.3 is 14.5 Å². The molecule has 120 valence electrons. The number of ether oxygens (including phenoxy) is 1. The lowest BCUT2D eigenvalue weighted by Gasteiger charge is -2.31. The normalized spacial score (nSPS) is 26.2. The van der Waals surface area contributed by atoms with Gasteiger partial charge in [-0.3, -0.25) is 0 Å². The molecule has 1 aromatic heterocycles. The lowest BCUT2D eigenvalue weighted by atomic mass is 9.82. The maximum absolute atomic E-state index is 6.09. The average Bonchev–Trinajstić information content (AvgIpc) is 2.77. The van der Waals surface area contributed by atoms with Gasteiger partial charge in [0.25, 0.3) is 0 Å². The summed E-state index contributed by atoms with van der Waals surface area (Å²) >= 11 is 0. The van der Waals surface area contributed by atoms with Crippen molar-refractivity contribution in [3.05, 3.63) is 23.2 Å². The minimum absolute atomic E-state index is 0.399. The van der Waals surface area contributed by atoms with Crippen LogP contribution in [-0.2, 0) is 17.9 Å². The quantitative estimate of drug-likeness (QED) is 0.755. The number of rotatable bonds is 7. The molecule has 1 aromatic rings. The van der Waals surface area contributed by atoms with E-state index in [9.17, 15) is 0 Å². The van der Waals surface area contributed by atoms with E-state index < -0.39 is 0 Å². The van der Waals surface area contributed by atoms with Crippen molar-refractivity contribution in [1.29, 1.82) is 0 Å². The lowest BCUT2D eigenvalue weighted by molar-refractivity contribution is -0.0158. The first-order chi connectivity index (χ1) is 10.1. The molecule has 1 N–H and O–H groups in total. The molecule has 2 unspecified atom stereocenters. The first-order valence-corrected chi connectivity index (χ1v) is 8.49. The Morgan fingerprint density at radius 3 is 2.62 bits per heavy atom. The molecule has 0 spiro atoms. The van der Waals surface area contributed by atoms with Crippen molar-refractivity contribution in [2.45, 2.75) is 72.6 Å². The number of hydrogen-bond acceptors (Lipinski definition) is 3. The number of hydrogen-bond donors (Lipinski definition) is 1. The van der Waals surface area contributed by atoms with Gasteiger partial charge in [0.05, 0.1) is 6.10 Å². The summed E-state index contributed by atoms with van der Waals surface area (Å²) in [6.07, 6.45) is 5.28. The van der Waals surface area contributed by atoms with Gasteiger partial charge in [-0.1, -0.05) is 20.8 Å². The van der Waals surface area contributed by atoms with E-state index >= 15 is 0 Å². The topological polar surface area (TPSA) is 34.4 Å². The van der Waals surface area contributed by atoms with Gasteiger partial charge in [-0.15, -0.1) is 0 Å². The van der Waals surface area contributed by atoms with Crippen molar-refractivity contribution in [2.75, 3.05) is 6.54 Å². The summed E-state index contributed by atoms with van der Waals surface area (Å²) in [5, 5.41) is 3.42. The predicted molar refractivity (Wildman–Crippen MR) is 86.2 cm³/mol. The highest BCUT2D eigenvalue weighted by molar-refractivity contribution is 5.20. The molecular formula is C18H31NO2. The second kappa shape index (κ2) is 8.00. The summed E-state index contributed by atoms with van der Waals surface area (Å²) in [6.45, 7) is 11.4. The van der Waals surface area contributed by atoms with Gasteiger partial charge >= 0.3 is 0 Å². The van der Waals surface area contributed by atoms with Crippen LogP contribution in [0.3, 0.4) is 0 Å². The van der Waals surface area contributed by atoms with E-state index in [0.717, 1.165) is 42.9 Å². The Labute approximate surface area is 129 Å². The summed E-state index contributed by atoms with van der Waals surface area (Å²) in [5.41, 5.74) is 1.26. The zero-order valence-corrected chi connectivity index (χ0v) is 14.1. The summed E-state index contributed by atoms with van der Waals surface area (Å²) in [4.78, 5) is 0. The molecular weight excluding hydrogens is 262 g/mol. The molecule has 21 heavy (non-hydrogen) atoms. The van der Waals surface area contributed by atoms with Crippen LogP contribution >= 0.6 is 0 Å². The number of aryl methyl sites for hydroxylation is 1. The standard InChI is InChI=1S/C18H31NO2/c1-5-6-19-11-16-10-18(21-15(16)4)12-20-17-8-13(2)7-14(3)9-17/h10,13-14,17,19H,5-9,11-12H2,1-4H3. The fourth-order valence-corrected chi connectivity index (χ4v) is 3.44. The zero-order valence-electron chi connectivity index (χ0n) is 14.1. The van der Waals surface area contributed by atoms with Crippen molar-refractivity contribution in [1.82, 2.24) is 5.32 Å². The average molecular weight is 293 g/mol. The fraction of sp³-hybridized carbons (Fsp3) is 0.778. The molecule has 1 saturated carbocycles. The third-order valence-electron chi connectivity index (χ3n) is 4.41. The maximum Gasteiger partial charge on any atom is 0.130 e. The molecule has 1 fully saturated rings. The third kappa shape index (κ3) is 5.15. The molecule has 3 nitrogen and oxygen atoms in total. The Morgan fingerprint density at radius 2 is 1.95 bits per heavy atom. The molecule has 0 amide bonds. The molecule has 0 radical (unpaired) electrons. The first-order valence-electron chi connectivity index (χ1n) is 8.49. The molecule has 2 atom stereocenters. The molecule has 0 aromatic carbocycles. The summed E-state index contributed by atoms with van der Waals surface area (Å²) in [6, 6.07) is 2.15. The van der Waals surface area contributed by atoms with Gasteiger partial charge in [0.2, 0.25) is 0 Å². The van der Waals surface area contributed by atoms with E-state index in [-0.39, 0.29) is 0 Å². The molecule has 1 aliphatic rings. The van der Waals surface area contributed by atoms with Crippen LogP contribution in [0.15, 0.2) is 10.5 Å². The van der Waals surface area contributed by atoms with Crippen LogP contribution in [0.5, 0.6) is 0 Å². The smallest absolute Gasteiger partial charge is 0.130 e. The monoisotopic (exact) mass is 293 g/mol. The Kier molecular flexibility index (Phi) is 6.31. The molecule has 0 saturated heterocycles. The highest BCUT2D eigenvalue weighted by Gasteiger charge is 2.24. The SMILES string of the molecule is CCCNCc1cc(COC2CC(C)CC(C)C2)oc1C. The van der Waals surface area contributed by atoms with Gasteiger partial charge in [-0.2, -0.15) is 0 Å². The van der Waals surface area contributed by atoms with Crippen LogP contribution in [0.4, 0.5) is 0 Å². The van der Waals surface area contributed by atoms with Gasteiger partial charge in [0.1, 0.15) is 18.1 Å². The van der Waals surface area contributed by atoms with Crippen LogP contribution < -0.4 is 5.32 Å². The Hall–Kier alpha value is -0.800. The van der Waals surface area contributed by atoms with E-state index in [4.69, 9.17) is 9.15 Å². The van der Waals surface area contributed by atoms with Crippen LogP contribution in [0.2, 0.25) is 0 Å². The second-order valence-electron chi connectivity index (χ2n) is 6.82. The Bertz CT molecular complexity index is 417. The summed E-state index contributed by atoms with van der Waals surface area (Å²) in [5.74, 6) is 3.55. The summed E-state index contributed by atoms with van der Waals surface area (Å²) in [7, 11) is 0. The third-order valence-corrected chi connectivity index (χ3v) is 4.41. The maximum atomic E-state index is 6.09. The van der Waals surface area contributed by atoms with E-state index in [1.165, 1.54) is 24.8 Å². The molecule has 0 aliphatic heterocycles. The van der Waals surface area contributed by atoms with Gasteiger partial charge in [-0.25, -0.2) is 0 Å². The molecule has 1 aliphatic carbocycles. The minimum Gasteiger partial charge on any atom is -0.464 e. The molecule has 1 heterocycles. The molecule has 2 rings (SSSR count). The predicted octanol–water partition coefficient (Wildman–Crippen LogP) is 4.43. The van der Waals surface area contributed by atoms with Crippen LogP contribution in [-0.4, -0.2) is 12.6 Å². The Morgan fingerprint density at radius 1 is 1.24 bits per heavy atom. The van der Waals surface area contributed by atoms with Crippen molar-refractivity contribution in [3.63, 3.8) is 0 Å². The van der Waals surface area contributed by atoms with Crippen LogP contribution in [0, 0.1) is 18.8 Å². The number of nitrogens with one attached hydrogen (secondary N) is 1. The van der Waals surface area contributed by atoms with Crippen LogP contribution in [0.25, 0.3) is 0 Å². The molecule has 0 bridgehead atoms. The zero-order chi connectivity index (χ0) is 15.2. The van der Waals surface area contributed by atoms with Crippen molar-refractivity contribution in [2.24, 2.45) is 11.8 Å². The Balaban J connectivity index is 1.81. The highest BCUT2D eigenvalue weighted by atomic mass is 16.5. The summed E-state index contributed by atoms with van der Waals surface area (Å²) < 4.78 is 11.9. The van der Waals surface area contributed by atoms with Crippen molar-refractivity contribution >= 4 is 0 Å². The van der Waals surface area contributed by atoms with Crippen LogP contribution in [0.1, 0.15) is 63.5 Å². The van der Waals surface area contributed by atoms with E-state index in [2.05, 4.69) is 32.2 Å². The van der Waals surface area contributed by atoms with Crippen molar-refractivity contribution in [3.8, 4) is 0 Å². The second-order valence-corrected chi connectivity index (χ2v) is 6.82. The van der Waals surface area contributed by atoms with E-state index in [1.54, 1.807) is 0 Å². The molecule has 3 heteroatoms. The minimum atomic E-state index is 0.399. The number of furan rings is 1. The largest absolute Gasteiger partial charge is 0.464 e. The van der Waals surface area contributed by atoms with Gasteiger partial charge in [-0.05, 0) is 57.1 Å². The highest BCUT2D eigenvalue weighted by Crippen LogP contribution is 2.31.